The highest BCUT2D eigenvalue weighted by Crippen LogP contribution is 2.21. The van der Waals surface area contributed by atoms with Crippen LogP contribution in [0.5, 0.6) is 0 Å². The fraction of sp³-hybridized carbons (Fsp3) is 0.556. The van der Waals surface area contributed by atoms with E-state index in [4.69, 9.17) is 0 Å². The van der Waals surface area contributed by atoms with Gasteiger partial charge in [0.1, 0.15) is 6.04 Å². The normalized spacial score (nSPS) is 18.2. The number of hydrogen-bond donors (Lipinski definition) is 1. The Morgan fingerprint density at radius 3 is 2.35 bits per heavy atom. The molecular formula is C18H26N4O. The molecule has 0 radical (unpaired) electrons. The van der Waals surface area contributed by atoms with Gasteiger partial charge < -0.3 is 5.32 Å². The predicted octanol–water partition coefficient (Wildman–Crippen LogP) is 1.78. The largest absolute Gasteiger partial charge is 0.350 e. The van der Waals surface area contributed by atoms with Crippen LogP contribution >= 0.6 is 0 Å². The molecule has 1 atom stereocenters. The summed E-state index contributed by atoms with van der Waals surface area (Å²) >= 11 is 0. The molecule has 1 amide bonds. The van der Waals surface area contributed by atoms with Crippen LogP contribution in [0.25, 0.3) is 0 Å². The monoisotopic (exact) mass is 314 g/mol. The minimum Gasteiger partial charge on any atom is -0.350 e. The SMILES string of the molecule is CC(C)(C)NC(=O)CN1CCN(C(C#N)c2ccccc2)CC1. The lowest BCUT2D eigenvalue weighted by Crippen LogP contribution is -2.52. The van der Waals surface area contributed by atoms with Crippen molar-refractivity contribution < 1.29 is 4.79 Å². The molecule has 1 saturated heterocycles. The molecule has 1 aromatic carbocycles. The molecule has 0 aromatic heterocycles. The van der Waals surface area contributed by atoms with Gasteiger partial charge in [0.15, 0.2) is 0 Å². The van der Waals surface area contributed by atoms with Gasteiger partial charge in [-0.1, -0.05) is 30.3 Å². The van der Waals surface area contributed by atoms with E-state index in [2.05, 4.69) is 21.2 Å². The lowest BCUT2D eigenvalue weighted by atomic mass is 10.1. The highest BCUT2D eigenvalue weighted by molar-refractivity contribution is 5.78. The van der Waals surface area contributed by atoms with Crippen molar-refractivity contribution in [1.82, 2.24) is 15.1 Å². The lowest BCUT2D eigenvalue weighted by molar-refractivity contribution is -0.124. The Bertz CT molecular complexity index is 551. The van der Waals surface area contributed by atoms with Crippen LogP contribution in [0.4, 0.5) is 0 Å². The molecule has 1 N–H and O–H groups in total. The summed E-state index contributed by atoms with van der Waals surface area (Å²) in [5, 5.41) is 12.5. The number of carbonyl (C=O) groups excluding carboxylic acids is 1. The Balaban J connectivity index is 1.86. The Hall–Kier alpha value is -1.90. The number of rotatable bonds is 4. The molecular weight excluding hydrogens is 288 g/mol. The molecule has 1 aromatic rings. The third kappa shape index (κ3) is 5.34. The molecule has 1 aliphatic rings. The molecule has 1 fully saturated rings. The third-order valence-electron chi connectivity index (χ3n) is 3.89. The minimum atomic E-state index is -0.207. The van der Waals surface area contributed by atoms with Crippen molar-refractivity contribution in [3.05, 3.63) is 35.9 Å². The van der Waals surface area contributed by atoms with Crippen LogP contribution in [-0.2, 0) is 4.79 Å². The van der Waals surface area contributed by atoms with Crippen molar-refractivity contribution in [3.8, 4) is 6.07 Å². The Labute approximate surface area is 138 Å². The first-order valence-corrected chi connectivity index (χ1v) is 8.11. The van der Waals surface area contributed by atoms with Crippen molar-refractivity contribution >= 4 is 5.91 Å². The molecule has 5 heteroatoms. The smallest absolute Gasteiger partial charge is 0.234 e. The molecule has 1 heterocycles. The number of benzene rings is 1. The van der Waals surface area contributed by atoms with E-state index in [0.717, 1.165) is 31.7 Å². The summed E-state index contributed by atoms with van der Waals surface area (Å²) in [6.07, 6.45) is 0. The number of amides is 1. The fourth-order valence-corrected chi connectivity index (χ4v) is 2.84. The third-order valence-corrected chi connectivity index (χ3v) is 3.89. The van der Waals surface area contributed by atoms with Crippen LogP contribution in [-0.4, -0.2) is 54.0 Å². The van der Waals surface area contributed by atoms with Gasteiger partial charge in [0, 0.05) is 31.7 Å². The highest BCUT2D eigenvalue weighted by Gasteiger charge is 2.26. The molecule has 124 valence electrons. The van der Waals surface area contributed by atoms with E-state index in [1.807, 2.05) is 51.1 Å². The van der Waals surface area contributed by atoms with Gasteiger partial charge in [-0.05, 0) is 26.3 Å². The maximum Gasteiger partial charge on any atom is 0.234 e. The molecule has 0 saturated carbocycles. The predicted molar refractivity (Wildman–Crippen MR) is 90.7 cm³/mol. The maximum absolute atomic E-state index is 12.0. The number of nitrogens with zero attached hydrogens (tertiary/aromatic N) is 3. The van der Waals surface area contributed by atoms with Crippen molar-refractivity contribution in [2.75, 3.05) is 32.7 Å². The van der Waals surface area contributed by atoms with E-state index >= 15 is 0 Å². The van der Waals surface area contributed by atoms with Crippen LogP contribution in [0.1, 0.15) is 32.4 Å². The van der Waals surface area contributed by atoms with Crippen LogP contribution in [0.15, 0.2) is 30.3 Å². The summed E-state index contributed by atoms with van der Waals surface area (Å²) in [7, 11) is 0. The van der Waals surface area contributed by atoms with E-state index in [0.29, 0.717) is 6.54 Å². The van der Waals surface area contributed by atoms with E-state index in [-0.39, 0.29) is 17.5 Å². The summed E-state index contributed by atoms with van der Waals surface area (Å²) < 4.78 is 0. The summed E-state index contributed by atoms with van der Waals surface area (Å²) in [5.41, 5.74) is 0.840. The second kappa shape index (κ2) is 7.58. The second-order valence-corrected chi connectivity index (χ2v) is 7.05. The topological polar surface area (TPSA) is 59.4 Å². The molecule has 23 heavy (non-hydrogen) atoms. The zero-order chi connectivity index (χ0) is 16.9. The van der Waals surface area contributed by atoms with E-state index in [1.54, 1.807) is 0 Å². The first kappa shape index (κ1) is 17.5. The number of carbonyl (C=O) groups is 1. The molecule has 1 aliphatic heterocycles. The van der Waals surface area contributed by atoms with Crippen molar-refractivity contribution in [1.29, 1.82) is 5.26 Å². The van der Waals surface area contributed by atoms with Crippen molar-refractivity contribution in [2.24, 2.45) is 0 Å². The Morgan fingerprint density at radius 1 is 1.22 bits per heavy atom. The standard InChI is InChI=1S/C18H26N4O/c1-18(2,3)20-17(23)14-21-9-11-22(12-10-21)16(13-19)15-7-5-4-6-8-15/h4-8,16H,9-12,14H2,1-3H3,(H,20,23). The quantitative estimate of drug-likeness (QED) is 0.920. The number of nitrogens with one attached hydrogen (secondary N) is 1. The minimum absolute atomic E-state index is 0.0610. The van der Waals surface area contributed by atoms with Crippen LogP contribution < -0.4 is 5.32 Å². The van der Waals surface area contributed by atoms with Gasteiger partial charge in [-0.3, -0.25) is 14.6 Å². The maximum atomic E-state index is 12.0. The van der Waals surface area contributed by atoms with Gasteiger partial charge in [0.25, 0.3) is 0 Å². The molecule has 5 nitrogen and oxygen atoms in total. The van der Waals surface area contributed by atoms with Crippen molar-refractivity contribution in [3.63, 3.8) is 0 Å². The lowest BCUT2D eigenvalue weighted by Gasteiger charge is -2.37. The van der Waals surface area contributed by atoms with Gasteiger partial charge in [-0.2, -0.15) is 5.26 Å². The van der Waals surface area contributed by atoms with Gasteiger partial charge in [0.05, 0.1) is 12.6 Å². The molecule has 1 unspecified atom stereocenters. The van der Waals surface area contributed by atoms with Gasteiger partial charge in [0.2, 0.25) is 5.91 Å². The zero-order valence-corrected chi connectivity index (χ0v) is 14.2. The van der Waals surface area contributed by atoms with Gasteiger partial charge in [-0.15, -0.1) is 0 Å². The Kier molecular flexibility index (Phi) is 5.75. The second-order valence-electron chi connectivity index (χ2n) is 7.05. The van der Waals surface area contributed by atoms with Crippen LogP contribution in [0.3, 0.4) is 0 Å². The summed E-state index contributed by atoms with van der Waals surface area (Å²) in [6.45, 7) is 9.60. The molecule has 2 rings (SSSR count). The van der Waals surface area contributed by atoms with Crippen LogP contribution in [0.2, 0.25) is 0 Å². The molecule has 0 spiro atoms. The van der Waals surface area contributed by atoms with Gasteiger partial charge >= 0.3 is 0 Å². The van der Waals surface area contributed by atoms with E-state index < -0.39 is 0 Å². The summed E-state index contributed by atoms with van der Waals surface area (Å²) in [4.78, 5) is 16.3. The average molecular weight is 314 g/mol. The van der Waals surface area contributed by atoms with Crippen LogP contribution in [0, 0.1) is 11.3 Å². The highest BCUT2D eigenvalue weighted by atomic mass is 16.2. The number of piperazine rings is 1. The van der Waals surface area contributed by atoms with Crippen molar-refractivity contribution in [2.45, 2.75) is 32.4 Å². The fourth-order valence-electron chi connectivity index (χ4n) is 2.84. The zero-order valence-electron chi connectivity index (χ0n) is 14.2. The molecule has 0 aliphatic carbocycles. The average Bonchev–Trinajstić information content (AvgIpc) is 2.49. The van der Waals surface area contributed by atoms with E-state index in [9.17, 15) is 10.1 Å². The van der Waals surface area contributed by atoms with Gasteiger partial charge in [-0.25, -0.2) is 0 Å². The summed E-state index contributed by atoms with van der Waals surface area (Å²) in [5.74, 6) is 0.0610. The van der Waals surface area contributed by atoms with E-state index in [1.165, 1.54) is 0 Å². The Morgan fingerprint density at radius 2 is 1.83 bits per heavy atom. The number of hydrogen-bond acceptors (Lipinski definition) is 4. The number of nitriles is 1. The first-order chi connectivity index (χ1) is 10.9. The summed E-state index contributed by atoms with van der Waals surface area (Å²) in [6, 6.07) is 12.1. The molecule has 0 bridgehead atoms. The first-order valence-electron chi connectivity index (χ1n) is 8.11.